The van der Waals surface area contributed by atoms with E-state index in [0.29, 0.717) is 0 Å². The van der Waals surface area contributed by atoms with Crippen molar-refractivity contribution in [2.75, 3.05) is 0 Å². The fourth-order valence-corrected chi connectivity index (χ4v) is 2.41. The number of nitrogens with zero attached hydrogens (tertiary/aromatic N) is 2. The summed E-state index contributed by atoms with van der Waals surface area (Å²) in [5, 5.41) is 4.31. The van der Waals surface area contributed by atoms with Gasteiger partial charge >= 0.3 is 0 Å². The molecule has 2 rings (SSSR count). The standard InChI is InChI=1S/C17H26N4/c1-5-21-12-13(11-19-21)10-16(20-18)14-6-8-15(9-7-14)17(2,3)4/h6-9,11-12,16,20H,5,10,18H2,1-4H3. The number of hydrogen-bond acceptors (Lipinski definition) is 3. The SMILES string of the molecule is CCn1cc(CC(NN)c2ccc(C(C)(C)C)cc2)cn1. The fraction of sp³-hybridized carbons (Fsp3) is 0.471. The second-order valence-corrected chi connectivity index (χ2v) is 6.50. The largest absolute Gasteiger partial charge is 0.273 e. The molecule has 4 nitrogen and oxygen atoms in total. The summed E-state index contributed by atoms with van der Waals surface area (Å²) >= 11 is 0. The highest BCUT2D eigenvalue weighted by atomic mass is 15.3. The van der Waals surface area contributed by atoms with Crippen molar-refractivity contribution in [1.82, 2.24) is 15.2 Å². The minimum absolute atomic E-state index is 0.105. The molecule has 0 saturated heterocycles. The van der Waals surface area contributed by atoms with Gasteiger partial charge in [-0.15, -0.1) is 0 Å². The number of aromatic nitrogens is 2. The molecular weight excluding hydrogens is 260 g/mol. The summed E-state index contributed by atoms with van der Waals surface area (Å²) in [6.45, 7) is 9.64. The first-order valence-corrected chi connectivity index (χ1v) is 7.52. The first-order valence-electron chi connectivity index (χ1n) is 7.52. The van der Waals surface area contributed by atoms with E-state index in [1.165, 1.54) is 16.7 Å². The predicted octanol–water partition coefficient (Wildman–Crippen LogP) is 2.95. The van der Waals surface area contributed by atoms with E-state index in [4.69, 9.17) is 5.84 Å². The van der Waals surface area contributed by atoms with Gasteiger partial charge in [0.1, 0.15) is 0 Å². The Labute approximate surface area is 127 Å². The molecule has 0 spiro atoms. The van der Waals surface area contributed by atoms with Crippen LogP contribution in [0, 0.1) is 0 Å². The molecule has 2 aromatic rings. The molecule has 0 aliphatic heterocycles. The lowest BCUT2D eigenvalue weighted by molar-refractivity contribution is 0.549. The number of nitrogens with one attached hydrogen (secondary N) is 1. The Bertz CT molecular complexity index is 563. The van der Waals surface area contributed by atoms with Crippen molar-refractivity contribution >= 4 is 0 Å². The van der Waals surface area contributed by atoms with Gasteiger partial charge in [0.05, 0.1) is 12.2 Å². The van der Waals surface area contributed by atoms with Gasteiger partial charge < -0.3 is 0 Å². The lowest BCUT2D eigenvalue weighted by Crippen LogP contribution is -2.29. The topological polar surface area (TPSA) is 55.9 Å². The number of rotatable bonds is 5. The Morgan fingerprint density at radius 3 is 2.38 bits per heavy atom. The molecule has 0 aliphatic rings. The van der Waals surface area contributed by atoms with E-state index in [1.807, 2.05) is 10.9 Å². The van der Waals surface area contributed by atoms with Crippen LogP contribution in [0.5, 0.6) is 0 Å². The van der Waals surface area contributed by atoms with Crippen LogP contribution < -0.4 is 11.3 Å². The minimum atomic E-state index is 0.105. The summed E-state index contributed by atoms with van der Waals surface area (Å²) in [4.78, 5) is 0. The molecule has 1 aromatic heterocycles. The van der Waals surface area contributed by atoms with E-state index in [9.17, 15) is 0 Å². The minimum Gasteiger partial charge on any atom is -0.273 e. The second-order valence-electron chi connectivity index (χ2n) is 6.50. The Kier molecular flexibility index (Phi) is 4.80. The first-order chi connectivity index (χ1) is 9.94. The molecule has 0 fully saturated rings. The lowest BCUT2D eigenvalue weighted by Gasteiger charge is -2.21. The molecular formula is C17H26N4. The summed E-state index contributed by atoms with van der Waals surface area (Å²) in [7, 11) is 0. The zero-order valence-electron chi connectivity index (χ0n) is 13.4. The van der Waals surface area contributed by atoms with Gasteiger partial charge in [0, 0.05) is 12.7 Å². The maximum Gasteiger partial charge on any atom is 0.0522 e. The van der Waals surface area contributed by atoms with Gasteiger partial charge in [0.2, 0.25) is 0 Å². The maximum atomic E-state index is 5.74. The number of hydrazine groups is 1. The zero-order chi connectivity index (χ0) is 15.5. The third kappa shape index (κ3) is 3.93. The Balaban J connectivity index is 2.13. The average molecular weight is 286 g/mol. The number of nitrogens with two attached hydrogens (primary N) is 1. The molecule has 0 aliphatic carbocycles. The summed E-state index contributed by atoms with van der Waals surface area (Å²) < 4.78 is 1.94. The van der Waals surface area contributed by atoms with E-state index in [-0.39, 0.29) is 11.5 Å². The molecule has 4 heteroatoms. The molecule has 0 amide bonds. The molecule has 114 valence electrons. The van der Waals surface area contributed by atoms with Crippen molar-refractivity contribution in [2.45, 2.75) is 52.1 Å². The van der Waals surface area contributed by atoms with Crippen molar-refractivity contribution < 1.29 is 0 Å². The highest BCUT2D eigenvalue weighted by Gasteiger charge is 2.16. The van der Waals surface area contributed by atoms with Crippen molar-refractivity contribution in [1.29, 1.82) is 0 Å². The van der Waals surface area contributed by atoms with Gasteiger partial charge in [0.15, 0.2) is 0 Å². The molecule has 1 unspecified atom stereocenters. The quantitative estimate of drug-likeness (QED) is 0.656. The fourth-order valence-electron chi connectivity index (χ4n) is 2.41. The highest BCUT2D eigenvalue weighted by Crippen LogP contribution is 2.25. The number of aryl methyl sites for hydroxylation is 1. The van der Waals surface area contributed by atoms with Gasteiger partial charge in [-0.05, 0) is 35.4 Å². The van der Waals surface area contributed by atoms with Gasteiger partial charge in [-0.25, -0.2) is 0 Å². The van der Waals surface area contributed by atoms with Crippen LogP contribution in [0.4, 0.5) is 0 Å². The maximum absolute atomic E-state index is 5.74. The summed E-state index contributed by atoms with van der Waals surface area (Å²) in [5.41, 5.74) is 6.82. The summed E-state index contributed by atoms with van der Waals surface area (Å²) in [5.74, 6) is 5.74. The van der Waals surface area contributed by atoms with E-state index >= 15 is 0 Å². The van der Waals surface area contributed by atoms with Gasteiger partial charge in [-0.2, -0.15) is 5.10 Å². The molecule has 0 radical (unpaired) electrons. The molecule has 1 heterocycles. The smallest absolute Gasteiger partial charge is 0.0522 e. The Hall–Kier alpha value is -1.65. The van der Waals surface area contributed by atoms with Crippen LogP contribution in [0.3, 0.4) is 0 Å². The molecule has 3 N–H and O–H groups in total. The summed E-state index contributed by atoms with van der Waals surface area (Å²) in [6, 6.07) is 8.81. The first kappa shape index (κ1) is 15.7. The van der Waals surface area contributed by atoms with E-state index < -0.39 is 0 Å². The van der Waals surface area contributed by atoms with Crippen LogP contribution in [0.15, 0.2) is 36.7 Å². The molecule has 1 atom stereocenters. The predicted molar refractivity (Wildman–Crippen MR) is 86.8 cm³/mol. The number of benzene rings is 1. The highest BCUT2D eigenvalue weighted by molar-refractivity contribution is 5.30. The van der Waals surface area contributed by atoms with Crippen molar-refractivity contribution in [3.63, 3.8) is 0 Å². The van der Waals surface area contributed by atoms with Crippen LogP contribution in [-0.4, -0.2) is 9.78 Å². The number of hydrogen-bond donors (Lipinski definition) is 2. The zero-order valence-corrected chi connectivity index (χ0v) is 13.4. The lowest BCUT2D eigenvalue weighted by atomic mass is 9.86. The molecule has 0 saturated carbocycles. The van der Waals surface area contributed by atoms with Crippen LogP contribution in [0.2, 0.25) is 0 Å². The van der Waals surface area contributed by atoms with Crippen LogP contribution >= 0.6 is 0 Å². The third-order valence-corrected chi connectivity index (χ3v) is 3.83. The third-order valence-electron chi connectivity index (χ3n) is 3.83. The van der Waals surface area contributed by atoms with Gasteiger partial charge in [0.25, 0.3) is 0 Å². The molecule has 21 heavy (non-hydrogen) atoms. The van der Waals surface area contributed by atoms with Crippen LogP contribution in [0.25, 0.3) is 0 Å². The van der Waals surface area contributed by atoms with E-state index in [1.54, 1.807) is 0 Å². The van der Waals surface area contributed by atoms with E-state index in [0.717, 1.165) is 13.0 Å². The molecule has 0 bridgehead atoms. The molecule has 1 aromatic carbocycles. The monoisotopic (exact) mass is 286 g/mol. The van der Waals surface area contributed by atoms with Crippen LogP contribution in [0.1, 0.15) is 50.4 Å². The van der Waals surface area contributed by atoms with E-state index in [2.05, 4.69) is 68.7 Å². The summed E-state index contributed by atoms with van der Waals surface area (Å²) in [6.07, 6.45) is 4.83. The second kappa shape index (κ2) is 6.41. The van der Waals surface area contributed by atoms with Crippen molar-refractivity contribution in [2.24, 2.45) is 5.84 Å². The Morgan fingerprint density at radius 2 is 1.90 bits per heavy atom. The van der Waals surface area contributed by atoms with Gasteiger partial charge in [-0.1, -0.05) is 45.0 Å². The average Bonchev–Trinajstić information content (AvgIpc) is 2.92. The van der Waals surface area contributed by atoms with Crippen LogP contribution in [-0.2, 0) is 18.4 Å². The van der Waals surface area contributed by atoms with Crippen molar-refractivity contribution in [3.8, 4) is 0 Å². The van der Waals surface area contributed by atoms with Crippen molar-refractivity contribution in [3.05, 3.63) is 53.3 Å². The van der Waals surface area contributed by atoms with Gasteiger partial charge in [-0.3, -0.25) is 16.0 Å². The normalized spacial score (nSPS) is 13.4. The Morgan fingerprint density at radius 1 is 1.24 bits per heavy atom.